The molecule has 0 spiro atoms. The summed E-state index contributed by atoms with van der Waals surface area (Å²) >= 11 is 4.62. The highest BCUT2D eigenvalue weighted by Crippen LogP contribution is 2.34. The summed E-state index contributed by atoms with van der Waals surface area (Å²) in [5, 5.41) is 11.8. The molecule has 0 unspecified atom stereocenters. The van der Waals surface area contributed by atoms with Gasteiger partial charge in [0.15, 0.2) is 0 Å². The van der Waals surface area contributed by atoms with Gasteiger partial charge in [0, 0.05) is 12.1 Å². The molecule has 7 heteroatoms. The number of hydrogen-bond donors (Lipinski definition) is 2. The predicted octanol–water partition coefficient (Wildman–Crippen LogP) is 2.50. The third kappa shape index (κ3) is 3.27. The van der Waals surface area contributed by atoms with Crippen molar-refractivity contribution in [2.45, 2.75) is 25.3 Å². The van der Waals surface area contributed by atoms with Crippen LogP contribution in [0.15, 0.2) is 9.85 Å². The van der Waals surface area contributed by atoms with E-state index < -0.39 is 5.97 Å². The minimum atomic E-state index is -0.780. The molecule has 1 aliphatic carbocycles. The van der Waals surface area contributed by atoms with Crippen LogP contribution in [0, 0.1) is 5.92 Å². The highest BCUT2D eigenvalue weighted by Gasteiger charge is 2.31. The first-order valence-corrected chi connectivity index (χ1v) is 7.49. The van der Waals surface area contributed by atoms with Crippen LogP contribution in [-0.2, 0) is 4.79 Å². The molecule has 1 saturated carbocycles. The zero-order valence-corrected chi connectivity index (χ0v) is 12.7. The van der Waals surface area contributed by atoms with Gasteiger partial charge in [-0.3, -0.25) is 9.59 Å². The quantitative estimate of drug-likeness (QED) is 0.877. The molecule has 0 bridgehead atoms. The number of carbonyl (C=O) groups excluding carboxylic acids is 1. The first kappa shape index (κ1) is 14.3. The van der Waals surface area contributed by atoms with Crippen molar-refractivity contribution in [1.82, 2.24) is 5.32 Å². The van der Waals surface area contributed by atoms with Gasteiger partial charge in [-0.2, -0.15) is 0 Å². The van der Waals surface area contributed by atoms with E-state index in [1.807, 2.05) is 0 Å². The lowest BCUT2D eigenvalue weighted by molar-refractivity contribution is -0.141. The number of nitrogens with one attached hydrogen (secondary N) is 1. The van der Waals surface area contributed by atoms with Crippen molar-refractivity contribution in [3.05, 3.63) is 14.7 Å². The van der Waals surface area contributed by atoms with Crippen molar-refractivity contribution in [3.63, 3.8) is 0 Å². The molecular weight excluding hydrogens is 334 g/mol. The van der Waals surface area contributed by atoms with Crippen LogP contribution in [0.2, 0.25) is 0 Å². The second-order valence-corrected chi connectivity index (χ2v) is 6.84. The van der Waals surface area contributed by atoms with Gasteiger partial charge in [0.2, 0.25) is 0 Å². The van der Waals surface area contributed by atoms with Gasteiger partial charge in [0.1, 0.15) is 9.54 Å². The molecule has 2 rings (SSSR count). The van der Waals surface area contributed by atoms with Gasteiger partial charge in [0.05, 0.1) is 17.9 Å². The Morgan fingerprint density at radius 1 is 1.53 bits per heavy atom. The number of carboxylic acid groups (broad SMARTS) is 1. The largest absolute Gasteiger partial charge is 0.495 e. The number of halogens is 1. The summed E-state index contributed by atoms with van der Waals surface area (Å²) < 4.78 is 5.87. The number of rotatable bonds is 4. The monoisotopic (exact) mass is 347 g/mol. The van der Waals surface area contributed by atoms with Gasteiger partial charge in [-0.15, -0.1) is 11.3 Å². The predicted molar refractivity (Wildman–Crippen MR) is 74.8 cm³/mol. The first-order chi connectivity index (χ1) is 9.01. The molecule has 1 aromatic rings. The fourth-order valence-corrected chi connectivity index (χ4v) is 3.75. The Morgan fingerprint density at radius 2 is 2.26 bits per heavy atom. The summed E-state index contributed by atoms with van der Waals surface area (Å²) in [7, 11) is 1.54. The van der Waals surface area contributed by atoms with Crippen molar-refractivity contribution in [2.24, 2.45) is 5.92 Å². The van der Waals surface area contributed by atoms with Crippen LogP contribution in [0.3, 0.4) is 0 Å². The minimum absolute atomic E-state index is 0.0551. The maximum absolute atomic E-state index is 12.0. The average molecular weight is 348 g/mol. The summed E-state index contributed by atoms with van der Waals surface area (Å²) in [4.78, 5) is 23.4. The van der Waals surface area contributed by atoms with Gasteiger partial charge < -0.3 is 15.2 Å². The lowest BCUT2D eigenvalue weighted by Gasteiger charge is -2.11. The fraction of sp³-hybridized carbons (Fsp3) is 0.500. The average Bonchev–Trinajstić information content (AvgIpc) is 2.95. The Bertz CT molecular complexity index is 502. The van der Waals surface area contributed by atoms with Crippen LogP contribution in [0.25, 0.3) is 0 Å². The number of carboxylic acids is 1. The molecule has 2 atom stereocenters. The third-order valence-electron chi connectivity index (χ3n) is 3.22. The van der Waals surface area contributed by atoms with Crippen LogP contribution in [0.4, 0.5) is 0 Å². The van der Waals surface area contributed by atoms with Crippen molar-refractivity contribution < 1.29 is 19.4 Å². The van der Waals surface area contributed by atoms with Gasteiger partial charge >= 0.3 is 5.97 Å². The van der Waals surface area contributed by atoms with Crippen LogP contribution in [-0.4, -0.2) is 30.1 Å². The van der Waals surface area contributed by atoms with E-state index in [0.717, 1.165) is 3.79 Å². The van der Waals surface area contributed by atoms with Crippen LogP contribution in [0.5, 0.6) is 5.75 Å². The number of thiophene rings is 1. The molecule has 19 heavy (non-hydrogen) atoms. The van der Waals surface area contributed by atoms with Crippen molar-refractivity contribution in [2.75, 3.05) is 7.11 Å². The molecule has 1 aromatic heterocycles. The topological polar surface area (TPSA) is 75.6 Å². The maximum atomic E-state index is 12.0. The van der Waals surface area contributed by atoms with E-state index in [1.54, 1.807) is 13.2 Å². The van der Waals surface area contributed by atoms with E-state index >= 15 is 0 Å². The van der Waals surface area contributed by atoms with Gasteiger partial charge in [-0.25, -0.2) is 0 Å². The molecular formula is C12H14BrNO4S. The summed E-state index contributed by atoms with van der Waals surface area (Å²) in [5.41, 5.74) is 0. The van der Waals surface area contributed by atoms with Gasteiger partial charge in [-0.05, 0) is 35.2 Å². The van der Waals surface area contributed by atoms with Crippen molar-refractivity contribution in [3.8, 4) is 5.75 Å². The molecule has 0 saturated heterocycles. The Balaban J connectivity index is 1.96. The number of hydrogen-bond acceptors (Lipinski definition) is 4. The molecule has 0 aliphatic heterocycles. The van der Waals surface area contributed by atoms with Crippen LogP contribution in [0.1, 0.15) is 28.9 Å². The number of methoxy groups -OCH3 is 1. The highest BCUT2D eigenvalue weighted by molar-refractivity contribution is 9.11. The number of aliphatic carboxylic acids is 1. The minimum Gasteiger partial charge on any atom is -0.495 e. The van der Waals surface area contributed by atoms with E-state index in [-0.39, 0.29) is 17.9 Å². The summed E-state index contributed by atoms with van der Waals surface area (Å²) in [6.45, 7) is 0. The zero-order chi connectivity index (χ0) is 14.0. The van der Waals surface area contributed by atoms with E-state index in [4.69, 9.17) is 9.84 Å². The van der Waals surface area contributed by atoms with Crippen LogP contribution < -0.4 is 10.1 Å². The second-order valence-electron chi connectivity index (χ2n) is 4.47. The van der Waals surface area contributed by atoms with Gasteiger partial charge in [-0.1, -0.05) is 0 Å². The Kier molecular flexibility index (Phi) is 4.46. The summed E-state index contributed by atoms with van der Waals surface area (Å²) in [6, 6.07) is 1.62. The Labute approximate surface area is 123 Å². The third-order valence-corrected chi connectivity index (χ3v) is 5.00. The lowest BCUT2D eigenvalue weighted by Crippen LogP contribution is -2.32. The molecule has 1 fully saturated rings. The molecule has 0 radical (unpaired) electrons. The molecule has 0 aromatic carbocycles. The molecule has 5 nitrogen and oxygen atoms in total. The van der Waals surface area contributed by atoms with E-state index in [9.17, 15) is 9.59 Å². The molecule has 1 amide bonds. The van der Waals surface area contributed by atoms with Crippen molar-refractivity contribution in [1.29, 1.82) is 0 Å². The SMILES string of the molecule is COc1cc(C(=O)N[C@@H]2CC[C@H](C(=O)O)C2)sc1Br. The van der Waals surface area contributed by atoms with E-state index in [2.05, 4.69) is 21.2 Å². The smallest absolute Gasteiger partial charge is 0.306 e. The van der Waals surface area contributed by atoms with E-state index in [1.165, 1.54) is 11.3 Å². The fourth-order valence-electron chi connectivity index (χ4n) is 2.20. The lowest BCUT2D eigenvalue weighted by atomic mass is 10.1. The molecule has 2 N–H and O–H groups in total. The Hall–Kier alpha value is -1.08. The molecule has 1 aliphatic rings. The molecule has 104 valence electrons. The Morgan fingerprint density at radius 3 is 2.79 bits per heavy atom. The summed E-state index contributed by atoms with van der Waals surface area (Å²) in [6.07, 6.45) is 1.84. The highest BCUT2D eigenvalue weighted by atomic mass is 79.9. The second kappa shape index (κ2) is 5.92. The standard InChI is InChI=1S/C12H14BrNO4S/c1-18-8-5-9(19-10(8)13)11(15)14-7-3-2-6(4-7)12(16)17/h5-7H,2-4H2,1H3,(H,14,15)(H,16,17)/t6-,7+/m0/s1. The first-order valence-electron chi connectivity index (χ1n) is 5.88. The number of amides is 1. The zero-order valence-electron chi connectivity index (χ0n) is 10.3. The van der Waals surface area contributed by atoms with Crippen LogP contribution >= 0.6 is 27.3 Å². The normalized spacial score (nSPS) is 22.2. The maximum Gasteiger partial charge on any atom is 0.306 e. The van der Waals surface area contributed by atoms with Gasteiger partial charge in [0.25, 0.3) is 5.91 Å². The molecule has 1 heterocycles. The van der Waals surface area contributed by atoms with E-state index in [0.29, 0.717) is 29.9 Å². The number of ether oxygens (including phenoxy) is 1. The summed E-state index contributed by atoms with van der Waals surface area (Å²) in [5.74, 6) is -0.665. The van der Waals surface area contributed by atoms with Crippen molar-refractivity contribution >= 4 is 39.1 Å². The number of carbonyl (C=O) groups is 2.